The minimum Gasteiger partial charge on any atom is -0.377 e. The number of rotatable bonds is 5. The number of nitrogens with one attached hydrogen (secondary N) is 1. The third-order valence-corrected chi connectivity index (χ3v) is 4.02. The highest BCUT2D eigenvalue weighted by molar-refractivity contribution is 9.10. The van der Waals surface area contributed by atoms with Crippen molar-refractivity contribution in [3.63, 3.8) is 0 Å². The predicted molar refractivity (Wildman–Crippen MR) is 86.8 cm³/mol. The molecule has 1 atom stereocenters. The Bertz CT molecular complexity index is 571. The fraction of sp³-hybridized carbons (Fsp3) is 0.250. The van der Waals surface area contributed by atoms with Crippen molar-refractivity contribution in [2.75, 3.05) is 5.32 Å². The van der Waals surface area contributed by atoms with Gasteiger partial charge in [-0.3, -0.25) is 0 Å². The molecule has 0 saturated heterocycles. The van der Waals surface area contributed by atoms with Gasteiger partial charge in [-0.05, 0) is 58.2 Å². The van der Waals surface area contributed by atoms with Gasteiger partial charge in [-0.2, -0.15) is 0 Å². The highest BCUT2D eigenvalue weighted by Crippen LogP contribution is 2.30. The van der Waals surface area contributed by atoms with Crippen LogP contribution in [-0.2, 0) is 0 Å². The summed E-state index contributed by atoms with van der Waals surface area (Å²) in [6, 6.07) is 12.7. The van der Waals surface area contributed by atoms with Crippen LogP contribution in [0.25, 0.3) is 0 Å². The van der Waals surface area contributed by atoms with Crippen LogP contribution in [0.15, 0.2) is 46.9 Å². The summed E-state index contributed by atoms with van der Waals surface area (Å²) in [5.74, 6) is -0.249. The summed E-state index contributed by atoms with van der Waals surface area (Å²) in [6.45, 7) is 2.14. The van der Waals surface area contributed by atoms with E-state index in [1.807, 2.05) is 24.3 Å². The Morgan fingerprint density at radius 3 is 2.50 bits per heavy atom. The third kappa shape index (κ3) is 3.97. The van der Waals surface area contributed by atoms with E-state index in [0.29, 0.717) is 0 Å². The maximum Gasteiger partial charge on any atom is 0.124 e. The van der Waals surface area contributed by atoms with Gasteiger partial charge in [0.1, 0.15) is 5.82 Å². The van der Waals surface area contributed by atoms with Gasteiger partial charge in [-0.1, -0.05) is 37.1 Å². The first kappa shape index (κ1) is 15.3. The summed E-state index contributed by atoms with van der Waals surface area (Å²) < 4.78 is 13.9. The molecule has 1 nitrogen and oxygen atoms in total. The molecule has 2 aromatic rings. The second-order valence-electron chi connectivity index (χ2n) is 4.66. The average Bonchev–Trinajstić information content (AvgIpc) is 2.42. The zero-order valence-electron chi connectivity index (χ0n) is 11.2. The molecule has 1 N–H and O–H groups in total. The van der Waals surface area contributed by atoms with Crippen LogP contribution in [0.4, 0.5) is 10.1 Å². The number of halogens is 3. The van der Waals surface area contributed by atoms with Crippen LogP contribution in [-0.4, -0.2) is 0 Å². The monoisotopic (exact) mass is 355 g/mol. The normalized spacial score (nSPS) is 12.2. The minimum absolute atomic E-state index is 0.180. The van der Waals surface area contributed by atoms with Gasteiger partial charge in [0, 0.05) is 15.2 Å². The van der Waals surface area contributed by atoms with Gasteiger partial charge in [-0.25, -0.2) is 4.39 Å². The third-order valence-electron chi connectivity index (χ3n) is 3.11. The number of hydrogen-bond donors (Lipinski definition) is 1. The van der Waals surface area contributed by atoms with E-state index in [0.717, 1.165) is 28.0 Å². The van der Waals surface area contributed by atoms with Crippen LogP contribution < -0.4 is 5.32 Å². The van der Waals surface area contributed by atoms with Gasteiger partial charge >= 0.3 is 0 Å². The van der Waals surface area contributed by atoms with Crippen molar-refractivity contribution in [2.24, 2.45) is 0 Å². The number of hydrogen-bond acceptors (Lipinski definition) is 1. The summed E-state index contributed by atoms with van der Waals surface area (Å²) >= 11 is 9.31. The van der Waals surface area contributed by atoms with Crippen LogP contribution in [0.1, 0.15) is 31.4 Å². The zero-order chi connectivity index (χ0) is 14.5. The molecule has 0 amide bonds. The molecule has 0 saturated carbocycles. The van der Waals surface area contributed by atoms with E-state index in [9.17, 15) is 4.39 Å². The SMILES string of the molecule is CCCC(Nc1ccc(F)cc1Br)c1ccc(Cl)cc1. The Morgan fingerprint density at radius 2 is 1.90 bits per heavy atom. The maximum atomic E-state index is 13.1. The van der Waals surface area contributed by atoms with Crippen molar-refractivity contribution in [1.29, 1.82) is 0 Å². The van der Waals surface area contributed by atoms with Crippen molar-refractivity contribution in [3.8, 4) is 0 Å². The standard InChI is InChI=1S/C16H16BrClFN/c1-2-3-15(11-4-6-12(18)7-5-11)20-16-9-8-13(19)10-14(16)17/h4-10,15,20H,2-3H2,1H3. The predicted octanol–water partition coefficient (Wildman–Crippen LogP) is 6.19. The van der Waals surface area contributed by atoms with Crippen LogP contribution in [0.2, 0.25) is 5.02 Å². The second kappa shape index (κ2) is 7.09. The van der Waals surface area contributed by atoms with Crippen molar-refractivity contribution < 1.29 is 4.39 Å². The molecule has 0 heterocycles. The number of anilines is 1. The van der Waals surface area contributed by atoms with Crippen LogP contribution in [0.5, 0.6) is 0 Å². The Morgan fingerprint density at radius 1 is 1.20 bits per heavy atom. The summed E-state index contributed by atoms with van der Waals surface area (Å²) in [7, 11) is 0. The lowest BCUT2D eigenvalue weighted by molar-refractivity contribution is 0.626. The van der Waals surface area contributed by atoms with Gasteiger partial charge in [0.15, 0.2) is 0 Å². The topological polar surface area (TPSA) is 12.0 Å². The van der Waals surface area contributed by atoms with Gasteiger partial charge < -0.3 is 5.32 Å². The Kier molecular flexibility index (Phi) is 5.44. The molecule has 4 heteroatoms. The van der Waals surface area contributed by atoms with Crippen LogP contribution in [0, 0.1) is 5.82 Å². The molecule has 1 unspecified atom stereocenters. The lowest BCUT2D eigenvalue weighted by Crippen LogP contribution is -2.11. The Labute approximate surface area is 132 Å². The average molecular weight is 357 g/mol. The molecule has 0 fully saturated rings. The molecule has 20 heavy (non-hydrogen) atoms. The van der Waals surface area contributed by atoms with Crippen molar-refractivity contribution in [3.05, 3.63) is 63.3 Å². The molecule has 0 radical (unpaired) electrons. The number of benzene rings is 2. The second-order valence-corrected chi connectivity index (χ2v) is 5.95. The van der Waals surface area contributed by atoms with Gasteiger partial charge in [-0.15, -0.1) is 0 Å². The molecule has 0 aliphatic heterocycles. The quantitative estimate of drug-likeness (QED) is 0.673. The first-order valence-electron chi connectivity index (χ1n) is 6.57. The van der Waals surface area contributed by atoms with Crippen molar-refractivity contribution in [2.45, 2.75) is 25.8 Å². The first-order chi connectivity index (χ1) is 9.60. The molecule has 0 aromatic heterocycles. The molecule has 0 spiro atoms. The van der Waals surface area contributed by atoms with Crippen molar-refractivity contribution in [1.82, 2.24) is 0 Å². The summed E-state index contributed by atoms with van der Waals surface area (Å²) in [5, 5.41) is 4.18. The first-order valence-corrected chi connectivity index (χ1v) is 7.74. The van der Waals surface area contributed by atoms with Crippen molar-refractivity contribution >= 4 is 33.2 Å². The van der Waals surface area contributed by atoms with E-state index in [1.165, 1.54) is 17.7 Å². The van der Waals surface area contributed by atoms with E-state index in [4.69, 9.17) is 11.6 Å². The van der Waals surface area contributed by atoms with E-state index in [2.05, 4.69) is 28.2 Å². The molecule has 2 rings (SSSR count). The Hall–Kier alpha value is -1.06. The lowest BCUT2D eigenvalue weighted by atomic mass is 10.0. The van der Waals surface area contributed by atoms with Gasteiger partial charge in [0.05, 0.1) is 6.04 Å². The van der Waals surface area contributed by atoms with Crippen LogP contribution in [0.3, 0.4) is 0 Å². The van der Waals surface area contributed by atoms with E-state index < -0.39 is 0 Å². The summed E-state index contributed by atoms with van der Waals surface area (Å²) in [4.78, 5) is 0. The summed E-state index contributed by atoms with van der Waals surface area (Å²) in [5.41, 5.74) is 2.06. The molecule has 106 valence electrons. The largest absolute Gasteiger partial charge is 0.377 e. The van der Waals surface area contributed by atoms with E-state index in [1.54, 1.807) is 6.07 Å². The minimum atomic E-state index is -0.249. The molecular formula is C16H16BrClFN. The van der Waals surface area contributed by atoms with E-state index >= 15 is 0 Å². The van der Waals surface area contributed by atoms with E-state index in [-0.39, 0.29) is 11.9 Å². The fourth-order valence-electron chi connectivity index (χ4n) is 2.10. The molecule has 0 bridgehead atoms. The smallest absolute Gasteiger partial charge is 0.124 e. The Balaban J connectivity index is 2.22. The highest BCUT2D eigenvalue weighted by atomic mass is 79.9. The van der Waals surface area contributed by atoms with Crippen LogP contribution >= 0.6 is 27.5 Å². The lowest BCUT2D eigenvalue weighted by Gasteiger charge is -2.21. The zero-order valence-corrected chi connectivity index (χ0v) is 13.5. The summed E-state index contributed by atoms with van der Waals surface area (Å²) in [6.07, 6.45) is 2.05. The molecule has 0 aliphatic carbocycles. The highest BCUT2D eigenvalue weighted by Gasteiger charge is 2.12. The molecule has 2 aromatic carbocycles. The van der Waals surface area contributed by atoms with Gasteiger partial charge in [0.2, 0.25) is 0 Å². The molecule has 0 aliphatic rings. The fourth-order valence-corrected chi connectivity index (χ4v) is 2.69. The maximum absolute atomic E-state index is 13.1. The molecular weight excluding hydrogens is 341 g/mol. The van der Waals surface area contributed by atoms with Gasteiger partial charge in [0.25, 0.3) is 0 Å².